The van der Waals surface area contributed by atoms with Gasteiger partial charge in [-0.1, -0.05) is 6.07 Å². The lowest BCUT2D eigenvalue weighted by Crippen LogP contribution is -1.77. The van der Waals surface area contributed by atoms with Crippen LogP contribution in [0, 0.1) is 0 Å². The van der Waals surface area contributed by atoms with Gasteiger partial charge in [-0.25, -0.2) is 8.42 Å². The average Bonchev–Trinajstić information content (AvgIpc) is 2.32. The maximum absolute atomic E-state index is 10.4. The molecule has 1 aromatic rings. The maximum atomic E-state index is 10.4. The first-order valence-electron chi connectivity index (χ1n) is 2.74. The van der Waals surface area contributed by atoms with E-state index in [2.05, 4.69) is 0 Å². The SMILES string of the molecule is O=S(=O)(Cl)/C=C\c1cccs1. The first-order valence-corrected chi connectivity index (χ1v) is 5.99. The summed E-state index contributed by atoms with van der Waals surface area (Å²) >= 11 is 1.45. The summed E-state index contributed by atoms with van der Waals surface area (Å²) in [4.78, 5) is 0.870. The topological polar surface area (TPSA) is 34.1 Å². The first kappa shape index (κ1) is 8.77. The lowest BCUT2D eigenvalue weighted by Gasteiger charge is -1.81. The molecule has 0 aliphatic rings. The third kappa shape index (κ3) is 3.55. The Labute approximate surface area is 73.5 Å². The zero-order valence-electron chi connectivity index (χ0n) is 5.40. The van der Waals surface area contributed by atoms with Crippen LogP contribution < -0.4 is 0 Å². The van der Waals surface area contributed by atoms with Crippen LogP contribution in [-0.2, 0) is 9.05 Å². The molecule has 11 heavy (non-hydrogen) atoms. The molecule has 0 atom stereocenters. The van der Waals surface area contributed by atoms with E-state index in [1.165, 1.54) is 17.4 Å². The van der Waals surface area contributed by atoms with Crippen molar-refractivity contribution >= 4 is 37.1 Å². The highest BCUT2D eigenvalue weighted by molar-refractivity contribution is 8.16. The van der Waals surface area contributed by atoms with Crippen molar-refractivity contribution in [3.05, 3.63) is 27.8 Å². The molecule has 0 saturated carbocycles. The van der Waals surface area contributed by atoms with Crippen LogP contribution in [0.4, 0.5) is 0 Å². The van der Waals surface area contributed by atoms with Crippen LogP contribution in [-0.4, -0.2) is 8.42 Å². The highest BCUT2D eigenvalue weighted by atomic mass is 35.7. The van der Waals surface area contributed by atoms with Gasteiger partial charge in [-0.05, 0) is 17.5 Å². The summed E-state index contributed by atoms with van der Waals surface area (Å²) in [6.07, 6.45) is 1.47. The Bertz CT molecular complexity index is 337. The normalized spacial score (nSPS) is 12.5. The lowest BCUT2D eigenvalue weighted by molar-refractivity contribution is 0.617. The molecule has 1 rings (SSSR count). The van der Waals surface area contributed by atoms with E-state index in [-0.39, 0.29) is 0 Å². The fourth-order valence-electron chi connectivity index (χ4n) is 0.534. The van der Waals surface area contributed by atoms with Crippen LogP contribution in [0.1, 0.15) is 4.88 Å². The molecule has 5 heteroatoms. The average molecular weight is 209 g/mol. The molecule has 0 amide bonds. The Morgan fingerprint density at radius 1 is 1.55 bits per heavy atom. The van der Waals surface area contributed by atoms with Crippen molar-refractivity contribution in [2.75, 3.05) is 0 Å². The third-order valence-corrected chi connectivity index (χ3v) is 2.55. The molecule has 1 heterocycles. The van der Waals surface area contributed by atoms with E-state index in [1.54, 1.807) is 0 Å². The van der Waals surface area contributed by atoms with E-state index < -0.39 is 9.05 Å². The molecule has 0 spiro atoms. The summed E-state index contributed by atoms with van der Waals surface area (Å²) in [6, 6.07) is 3.65. The van der Waals surface area contributed by atoms with Gasteiger partial charge in [0.05, 0.1) is 0 Å². The summed E-state index contributed by atoms with van der Waals surface area (Å²) in [5.74, 6) is 0. The van der Waals surface area contributed by atoms with Gasteiger partial charge >= 0.3 is 0 Å². The van der Waals surface area contributed by atoms with E-state index in [0.29, 0.717) is 0 Å². The monoisotopic (exact) mass is 208 g/mol. The Hall–Kier alpha value is -0.320. The van der Waals surface area contributed by atoms with Crippen molar-refractivity contribution in [2.45, 2.75) is 0 Å². The second-order valence-electron chi connectivity index (χ2n) is 1.79. The Balaban J connectivity index is 2.79. The second-order valence-corrected chi connectivity index (χ2v) is 5.29. The van der Waals surface area contributed by atoms with Crippen LogP contribution in [0.5, 0.6) is 0 Å². The Morgan fingerprint density at radius 3 is 2.73 bits per heavy atom. The van der Waals surface area contributed by atoms with Crippen LogP contribution in [0.25, 0.3) is 6.08 Å². The number of rotatable bonds is 2. The molecular formula is C6H5ClO2S2. The van der Waals surface area contributed by atoms with Crippen molar-refractivity contribution in [1.82, 2.24) is 0 Å². The standard InChI is InChI=1S/C6H5ClO2S2/c7-11(8,9)5-3-6-2-1-4-10-6/h1-5H/b5-3-. The van der Waals surface area contributed by atoms with Gasteiger partial charge < -0.3 is 0 Å². The van der Waals surface area contributed by atoms with E-state index in [4.69, 9.17) is 10.7 Å². The van der Waals surface area contributed by atoms with Gasteiger partial charge in [0.15, 0.2) is 0 Å². The Kier molecular flexibility index (Phi) is 2.70. The molecule has 0 fully saturated rings. The number of halogens is 1. The highest BCUT2D eigenvalue weighted by Crippen LogP contribution is 2.12. The molecule has 0 aromatic carbocycles. The minimum absolute atomic E-state index is 0.870. The van der Waals surface area contributed by atoms with E-state index >= 15 is 0 Å². The van der Waals surface area contributed by atoms with Gasteiger partial charge in [0.1, 0.15) is 0 Å². The largest absolute Gasteiger partial charge is 0.254 e. The van der Waals surface area contributed by atoms with E-state index in [9.17, 15) is 8.42 Å². The molecule has 0 N–H and O–H groups in total. The van der Waals surface area contributed by atoms with Crippen LogP contribution >= 0.6 is 22.0 Å². The van der Waals surface area contributed by atoms with Crippen molar-refractivity contribution in [2.24, 2.45) is 0 Å². The smallest absolute Gasteiger partial charge is 0.208 e. The fraction of sp³-hybridized carbons (Fsp3) is 0. The van der Waals surface area contributed by atoms with Crippen LogP contribution in [0.3, 0.4) is 0 Å². The molecule has 0 aliphatic heterocycles. The quantitative estimate of drug-likeness (QED) is 0.699. The van der Waals surface area contributed by atoms with Crippen LogP contribution in [0.15, 0.2) is 22.9 Å². The number of hydrogen-bond donors (Lipinski definition) is 0. The summed E-state index contributed by atoms with van der Waals surface area (Å²) < 4.78 is 20.8. The maximum Gasteiger partial charge on any atom is 0.254 e. The van der Waals surface area contributed by atoms with E-state index in [1.807, 2.05) is 17.5 Å². The molecule has 2 nitrogen and oxygen atoms in total. The third-order valence-electron chi connectivity index (χ3n) is 0.938. The Morgan fingerprint density at radius 2 is 2.27 bits per heavy atom. The van der Waals surface area contributed by atoms with Gasteiger partial charge in [-0.15, -0.1) is 11.3 Å². The molecule has 0 unspecified atom stereocenters. The number of thiophene rings is 1. The summed E-state index contributed by atoms with van der Waals surface area (Å²) in [5.41, 5.74) is 0. The van der Waals surface area contributed by atoms with Crippen molar-refractivity contribution < 1.29 is 8.42 Å². The summed E-state index contributed by atoms with van der Waals surface area (Å²) in [7, 11) is 1.44. The van der Waals surface area contributed by atoms with E-state index in [0.717, 1.165) is 10.3 Å². The number of hydrogen-bond acceptors (Lipinski definition) is 3. The zero-order chi connectivity index (χ0) is 8.32. The summed E-state index contributed by atoms with van der Waals surface area (Å²) in [6.45, 7) is 0. The van der Waals surface area contributed by atoms with Crippen molar-refractivity contribution in [3.8, 4) is 0 Å². The minimum atomic E-state index is -3.50. The van der Waals surface area contributed by atoms with Gasteiger partial charge in [0.2, 0.25) is 0 Å². The second kappa shape index (κ2) is 3.38. The lowest BCUT2D eigenvalue weighted by atomic mass is 10.5. The predicted molar refractivity (Wildman–Crippen MR) is 48.1 cm³/mol. The zero-order valence-corrected chi connectivity index (χ0v) is 7.79. The molecule has 0 bridgehead atoms. The van der Waals surface area contributed by atoms with Gasteiger partial charge in [-0.2, -0.15) is 0 Å². The van der Waals surface area contributed by atoms with Crippen molar-refractivity contribution in [1.29, 1.82) is 0 Å². The molecular weight excluding hydrogens is 204 g/mol. The molecule has 0 aliphatic carbocycles. The molecule has 0 radical (unpaired) electrons. The minimum Gasteiger partial charge on any atom is -0.208 e. The van der Waals surface area contributed by atoms with Gasteiger partial charge in [0.25, 0.3) is 9.05 Å². The van der Waals surface area contributed by atoms with Crippen LogP contribution in [0.2, 0.25) is 0 Å². The molecule has 1 aromatic heterocycles. The summed E-state index contributed by atoms with van der Waals surface area (Å²) in [5, 5.41) is 2.83. The first-order chi connectivity index (χ1) is 5.08. The fourth-order valence-corrected chi connectivity index (χ4v) is 1.70. The predicted octanol–water partition coefficient (Wildman–Crippen LogP) is 2.29. The molecule has 60 valence electrons. The molecule has 0 saturated heterocycles. The van der Waals surface area contributed by atoms with Gasteiger partial charge in [-0.3, -0.25) is 0 Å². The van der Waals surface area contributed by atoms with Crippen molar-refractivity contribution in [3.63, 3.8) is 0 Å². The highest BCUT2D eigenvalue weighted by Gasteiger charge is 1.96. The van der Waals surface area contributed by atoms with Gasteiger partial charge in [0, 0.05) is 21.0 Å².